The molecule has 0 radical (unpaired) electrons. The van der Waals surface area contributed by atoms with Crippen molar-refractivity contribution in [1.82, 2.24) is 0 Å². The molecule has 0 aromatic rings. The molecule has 0 heterocycles. The summed E-state index contributed by atoms with van der Waals surface area (Å²) in [7, 11) is 0. The molecule has 0 aromatic heterocycles. The zero-order valence-electron chi connectivity index (χ0n) is 3.06. The summed E-state index contributed by atoms with van der Waals surface area (Å²) in [6.07, 6.45) is 0. The van der Waals surface area contributed by atoms with Gasteiger partial charge < -0.3 is 0 Å². The first kappa shape index (κ1) is 22.4. The van der Waals surface area contributed by atoms with Gasteiger partial charge in [0.25, 0.3) is 0 Å². The Bertz CT molecular complexity index is 13.5. The van der Waals surface area contributed by atoms with Crippen molar-refractivity contribution in [2.24, 2.45) is 0 Å². The van der Waals surface area contributed by atoms with Crippen molar-refractivity contribution in [3.8, 4) is 0 Å². The van der Waals surface area contributed by atoms with E-state index >= 15 is 0 Å². The van der Waals surface area contributed by atoms with Crippen molar-refractivity contribution in [3.63, 3.8) is 0 Å². The van der Waals surface area contributed by atoms with E-state index in [1.54, 1.807) is 10.8 Å². The normalized spacial score (nSPS) is 2.67. The van der Waals surface area contributed by atoms with Gasteiger partial charge in [-0.25, -0.2) is 0 Å². The Labute approximate surface area is 122 Å². The van der Waals surface area contributed by atoms with Crippen LogP contribution in [0.1, 0.15) is 0 Å². The zero-order chi connectivity index (χ0) is 2.71. The van der Waals surface area contributed by atoms with Crippen molar-refractivity contribution in [1.29, 1.82) is 0 Å². The van der Waals surface area contributed by atoms with Crippen LogP contribution in [-0.4, -0.2) is 109 Å². The second-order valence-electron chi connectivity index (χ2n) is 0.707. The fourth-order valence-corrected chi connectivity index (χ4v) is 0. The topological polar surface area (TPSA) is 0 Å². The quantitative estimate of drug-likeness (QED) is 0.392. The number of hydrogen-bond donors (Lipinski definition) is 0. The van der Waals surface area contributed by atoms with E-state index in [4.69, 9.17) is 0 Å². The molecule has 0 N–H and O–H groups in total. The molecule has 0 amide bonds. The molecule has 0 saturated heterocycles. The van der Waals surface area contributed by atoms with Gasteiger partial charge in [-0.1, -0.05) is 0 Å². The number of hydrogen-bond acceptors (Lipinski definition) is 0. The SMILES string of the molecule is [AlH3].[BaH2].[Fe].[SiH3][Ca][SiH3]. The Morgan fingerprint density at radius 2 is 1.17 bits per heavy atom. The van der Waals surface area contributed by atoms with E-state index in [1.165, 1.54) is 0 Å². The molecule has 0 atom stereocenters. The summed E-state index contributed by atoms with van der Waals surface area (Å²) < 4.78 is 0. The van der Waals surface area contributed by atoms with Gasteiger partial charge in [-0.3, -0.25) is 0 Å². The molecule has 0 bridgehead atoms. The Morgan fingerprint density at radius 1 is 1.17 bits per heavy atom. The molecular formula is H11AlBaCaFeSi2. The van der Waals surface area contributed by atoms with Crippen molar-refractivity contribution < 1.29 is 17.1 Å². The van der Waals surface area contributed by atoms with Crippen LogP contribution in [-0.2, 0) is 17.1 Å². The van der Waals surface area contributed by atoms with Crippen LogP contribution in [0.2, 0.25) is 0 Å². The number of rotatable bonds is 0. The third-order valence-electron chi connectivity index (χ3n) is 0. The van der Waals surface area contributed by atoms with E-state index in [1.807, 2.05) is 0 Å². The standard InChI is InChI=1S/Al.Ba.Ca.Fe.2H3Si.5H/h;;;;2*1H3;;;;;. The maximum atomic E-state index is 1.62. The molecule has 0 unspecified atom stereocenters. The Kier molecular flexibility index (Phi) is 85.3. The van der Waals surface area contributed by atoms with Crippen LogP contribution < -0.4 is 0 Å². The average Bonchev–Trinajstić information content (AvgIpc) is 0.918. The van der Waals surface area contributed by atoms with E-state index in [-0.39, 0.29) is 83.3 Å². The Hall–Kier alpha value is 4.32. The van der Waals surface area contributed by atoms with Crippen LogP contribution >= 0.6 is 0 Å². The van der Waals surface area contributed by atoms with Crippen LogP contribution in [0.15, 0.2) is 0 Å². The van der Waals surface area contributed by atoms with Gasteiger partial charge in [0.2, 0.25) is 0 Å². The summed E-state index contributed by atoms with van der Waals surface area (Å²) >= 11 is 0.403. The second-order valence-corrected chi connectivity index (χ2v) is 26.2. The van der Waals surface area contributed by atoms with Crippen LogP contribution in [0, 0.1) is 0 Å². The molecule has 0 aliphatic rings. The second kappa shape index (κ2) is 22.8. The molecule has 6 heteroatoms. The molecule has 0 aromatic carbocycles. The van der Waals surface area contributed by atoms with Gasteiger partial charge in [0.1, 0.15) is 0 Å². The van der Waals surface area contributed by atoms with Gasteiger partial charge in [0.05, 0.1) is 0 Å². The maximum absolute atomic E-state index is 1.62. The third kappa shape index (κ3) is 23.9. The van der Waals surface area contributed by atoms with Gasteiger partial charge in [0, 0.05) is 17.1 Å². The summed E-state index contributed by atoms with van der Waals surface area (Å²) in [5.74, 6) is 0. The van der Waals surface area contributed by atoms with Crippen molar-refractivity contribution >= 4 is 109 Å². The molecule has 0 rings (SSSR count). The monoisotopic (exact) mass is 328 g/mol. The Morgan fingerprint density at radius 3 is 1.17 bits per heavy atom. The fourth-order valence-electron chi connectivity index (χ4n) is 0. The predicted molar refractivity (Wildman–Crippen MR) is 44.1 cm³/mol. The van der Waals surface area contributed by atoms with Crippen LogP contribution in [0.3, 0.4) is 0 Å². The first-order chi connectivity index (χ1) is 1.41. The van der Waals surface area contributed by atoms with Crippen LogP contribution in [0.25, 0.3) is 0 Å². The molecule has 0 fully saturated rings. The fraction of sp³-hybridized carbons (Fsp3) is 0. The summed E-state index contributed by atoms with van der Waals surface area (Å²) in [6, 6.07) is 0. The third-order valence-corrected chi connectivity index (χ3v) is 0. The molecule has 6 heavy (non-hydrogen) atoms. The molecular weight excluding hydrogens is 316 g/mol. The molecule has 0 aliphatic carbocycles. The first-order valence-electron chi connectivity index (χ1n) is 1.41. The molecule has 0 saturated carbocycles. The van der Waals surface area contributed by atoms with Crippen molar-refractivity contribution in [3.05, 3.63) is 0 Å². The van der Waals surface area contributed by atoms with Gasteiger partial charge in [-0.05, 0) is 0 Å². The van der Waals surface area contributed by atoms with E-state index < -0.39 is 0 Å². The van der Waals surface area contributed by atoms with Gasteiger partial charge >= 0.3 is 91.4 Å². The summed E-state index contributed by atoms with van der Waals surface area (Å²) in [5.41, 5.74) is 0. The van der Waals surface area contributed by atoms with Crippen molar-refractivity contribution in [2.75, 3.05) is 0 Å². The van der Waals surface area contributed by atoms with Gasteiger partial charge in [-0.15, -0.1) is 0 Å². The Balaban J connectivity index is -0.00000000667. The zero-order valence-corrected chi connectivity index (χ0v) is 10.4. The minimum atomic E-state index is 0. The van der Waals surface area contributed by atoms with Crippen LogP contribution in [0.4, 0.5) is 0 Å². The summed E-state index contributed by atoms with van der Waals surface area (Å²) in [4.78, 5) is 0. The average molecular weight is 327 g/mol. The predicted octanol–water partition coefficient (Wildman–Crippen LogP) is -4.85. The van der Waals surface area contributed by atoms with Gasteiger partial charge in [0.15, 0.2) is 17.4 Å². The molecule has 0 aliphatic heterocycles. The molecule has 34 valence electrons. The van der Waals surface area contributed by atoms with Gasteiger partial charge in [-0.2, -0.15) is 0 Å². The van der Waals surface area contributed by atoms with E-state index in [2.05, 4.69) is 0 Å². The van der Waals surface area contributed by atoms with E-state index in [0.717, 1.165) is 0 Å². The first-order valence-corrected chi connectivity index (χ1v) is 17.5. The molecule has 0 spiro atoms. The van der Waals surface area contributed by atoms with Crippen LogP contribution in [0.5, 0.6) is 0 Å². The summed E-state index contributed by atoms with van der Waals surface area (Å²) in [5, 5.41) is 3.24. The summed E-state index contributed by atoms with van der Waals surface area (Å²) in [6.45, 7) is 0. The molecule has 0 nitrogen and oxygen atoms in total. The minimum absolute atomic E-state index is 0. The van der Waals surface area contributed by atoms with E-state index in [0.29, 0.717) is 31.7 Å². The van der Waals surface area contributed by atoms with E-state index in [9.17, 15) is 0 Å². The van der Waals surface area contributed by atoms with Crippen molar-refractivity contribution in [2.45, 2.75) is 0 Å².